The Morgan fingerprint density at radius 2 is 1.82 bits per heavy atom. The number of amides is 4. The summed E-state index contributed by atoms with van der Waals surface area (Å²) in [7, 11) is 0. The minimum atomic E-state index is -0.772. The van der Waals surface area contributed by atoms with Crippen LogP contribution in [0, 0.1) is 11.8 Å². The van der Waals surface area contributed by atoms with E-state index in [9.17, 15) is 19.2 Å². The highest BCUT2D eigenvalue weighted by Gasteiger charge is 2.49. The van der Waals surface area contributed by atoms with Crippen molar-refractivity contribution in [3.8, 4) is 5.75 Å². The van der Waals surface area contributed by atoms with Crippen LogP contribution in [0.2, 0.25) is 0 Å². The number of urea groups is 1. The summed E-state index contributed by atoms with van der Waals surface area (Å²) in [5.41, 5.74) is 0.520. The normalized spacial score (nSPS) is 25.1. The van der Waals surface area contributed by atoms with Gasteiger partial charge in [-0.05, 0) is 77.4 Å². The van der Waals surface area contributed by atoms with Crippen molar-refractivity contribution in [3.05, 3.63) is 68.1 Å². The van der Waals surface area contributed by atoms with Crippen LogP contribution in [0.4, 0.5) is 4.79 Å². The van der Waals surface area contributed by atoms with Gasteiger partial charge < -0.3 is 4.74 Å². The van der Waals surface area contributed by atoms with E-state index in [1.54, 1.807) is 42.5 Å². The molecule has 1 aliphatic heterocycles. The average Bonchev–Trinajstić information content (AvgIpc) is 3.43. The fraction of sp³-hybridized carbons (Fsp3) is 0.280. The summed E-state index contributed by atoms with van der Waals surface area (Å²) in [5.74, 6) is -1.02. The maximum atomic E-state index is 13.4. The molecule has 2 aromatic carbocycles. The summed E-state index contributed by atoms with van der Waals surface area (Å²) in [5, 5.41) is 2.31. The van der Waals surface area contributed by atoms with Gasteiger partial charge in [0.1, 0.15) is 5.57 Å². The van der Waals surface area contributed by atoms with E-state index in [0.717, 1.165) is 25.7 Å². The largest absolute Gasteiger partial charge is 0.421 e. The second kappa shape index (κ2) is 9.11. The molecule has 1 heterocycles. The van der Waals surface area contributed by atoms with E-state index in [-0.39, 0.29) is 23.3 Å². The number of fused-ring (bicyclic) bond motifs is 2. The number of nitrogens with one attached hydrogen (secondary N) is 1. The smallest absolute Gasteiger partial charge is 0.343 e. The quantitative estimate of drug-likeness (QED) is 0.233. The Labute approximate surface area is 212 Å². The molecular formula is C25H20Br2N2O5. The number of benzene rings is 2. The molecular weight excluding hydrogens is 568 g/mol. The van der Waals surface area contributed by atoms with Gasteiger partial charge in [-0.2, -0.15) is 0 Å². The highest BCUT2D eigenvalue weighted by atomic mass is 79.9. The van der Waals surface area contributed by atoms with E-state index < -0.39 is 23.8 Å². The van der Waals surface area contributed by atoms with Crippen LogP contribution in [-0.4, -0.2) is 34.8 Å². The van der Waals surface area contributed by atoms with Crippen molar-refractivity contribution < 1.29 is 23.9 Å². The Bertz CT molecular complexity index is 1240. The number of barbiturate groups is 1. The van der Waals surface area contributed by atoms with Crippen molar-refractivity contribution in [2.75, 3.05) is 0 Å². The van der Waals surface area contributed by atoms with Crippen molar-refractivity contribution in [3.63, 3.8) is 0 Å². The third-order valence-electron chi connectivity index (χ3n) is 6.71. The second-order valence-electron chi connectivity index (χ2n) is 8.80. The highest BCUT2D eigenvalue weighted by molar-refractivity contribution is 9.11. The molecule has 2 aliphatic carbocycles. The lowest BCUT2D eigenvalue weighted by Gasteiger charge is -2.35. The van der Waals surface area contributed by atoms with E-state index in [2.05, 4.69) is 37.2 Å². The fourth-order valence-corrected chi connectivity index (χ4v) is 6.52. The zero-order valence-corrected chi connectivity index (χ0v) is 21.1. The number of hydrogen-bond acceptors (Lipinski definition) is 5. The van der Waals surface area contributed by atoms with Crippen LogP contribution in [0.15, 0.2) is 57.0 Å². The molecule has 0 unspecified atom stereocenters. The number of carbonyl (C=O) groups is 4. The summed E-state index contributed by atoms with van der Waals surface area (Å²) < 4.78 is 6.75. The first-order chi connectivity index (χ1) is 16.3. The molecule has 1 saturated heterocycles. The van der Waals surface area contributed by atoms with E-state index in [1.807, 2.05) is 0 Å². The van der Waals surface area contributed by atoms with Crippen LogP contribution in [0.5, 0.6) is 5.75 Å². The summed E-state index contributed by atoms with van der Waals surface area (Å²) >= 11 is 6.81. The van der Waals surface area contributed by atoms with Crippen molar-refractivity contribution in [1.29, 1.82) is 0 Å². The molecule has 2 saturated carbocycles. The average molecular weight is 588 g/mol. The summed E-state index contributed by atoms with van der Waals surface area (Å²) in [6, 6.07) is 11.0. The molecule has 3 atom stereocenters. The van der Waals surface area contributed by atoms with Gasteiger partial charge in [-0.25, -0.2) is 9.59 Å². The molecule has 2 bridgehead atoms. The summed E-state index contributed by atoms with van der Waals surface area (Å²) in [4.78, 5) is 52.6. The van der Waals surface area contributed by atoms with Crippen LogP contribution in [-0.2, 0) is 9.59 Å². The van der Waals surface area contributed by atoms with Gasteiger partial charge in [0.05, 0.1) is 10.0 Å². The van der Waals surface area contributed by atoms with Gasteiger partial charge in [-0.15, -0.1) is 0 Å². The summed E-state index contributed by atoms with van der Waals surface area (Å²) in [6.07, 6.45) is 5.25. The Morgan fingerprint density at radius 1 is 1.06 bits per heavy atom. The minimum absolute atomic E-state index is 0.161. The first-order valence-electron chi connectivity index (χ1n) is 11.0. The van der Waals surface area contributed by atoms with Gasteiger partial charge in [0, 0.05) is 16.1 Å². The zero-order valence-electron chi connectivity index (χ0n) is 17.9. The third-order valence-corrected chi connectivity index (χ3v) is 7.75. The lowest BCUT2D eigenvalue weighted by atomic mass is 9.93. The van der Waals surface area contributed by atoms with Gasteiger partial charge in [0.2, 0.25) is 0 Å². The highest BCUT2D eigenvalue weighted by Crippen LogP contribution is 2.47. The number of halogens is 2. The SMILES string of the molecule is O=C1NC(=O)N([C@@H]2C[C@H]3CC[C@H]2C3)C(=O)/C1=C\c1cc(Br)cc(Br)c1OC(=O)c1ccccc1. The first kappa shape index (κ1) is 23.0. The molecule has 7 nitrogen and oxygen atoms in total. The Kier molecular flexibility index (Phi) is 6.16. The van der Waals surface area contributed by atoms with Gasteiger partial charge in [-0.3, -0.25) is 19.8 Å². The lowest BCUT2D eigenvalue weighted by molar-refractivity contribution is -0.132. The Morgan fingerprint density at radius 3 is 2.50 bits per heavy atom. The predicted octanol–water partition coefficient (Wildman–Crippen LogP) is 5.08. The van der Waals surface area contributed by atoms with Gasteiger partial charge in [0.25, 0.3) is 11.8 Å². The van der Waals surface area contributed by atoms with Gasteiger partial charge in [-0.1, -0.05) is 40.5 Å². The maximum Gasteiger partial charge on any atom is 0.343 e. The van der Waals surface area contributed by atoms with Crippen molar-refractivity contribution >= 4 is 61.8 Å². The monoisotopic (exact) mass is 586 g/mol. The van der Waals surface area contributed by atoms with E-state index in [0.29, 0.717) is 26.0 Å². The van der Waals surface area contributed by atoms with Crippen LogP contribution >= 0.6 is 31.9 Å². The van der Waals surface area contributed by atoms with Crippen molar-refractivity contribution in [1.82, 2.24) is 10.2 Å². The number of nitrogens with zero attached hydrogens (tertiary/aromatic N) is 1. The zero-order chi connectivity index (χ0) is 24.0. The molecule has 4 amide bonds. The number of rotatable bonds is 4. The molecule has 34 heavy (non-hydrogen) atoms. The minimum Gasteiger partial charge on any atom is -0.421 e. The topological polar surface area (TPSA) is 92.8 Å². The molecule has 0 aromatic heterocycles. The maximum absolute atomic E-state index is 13.4. The molecule has 9 heteroatoms. The van der Waals surface area contributed by atoms with Gasteiger partial charge >= 0.3 is 12.0 Å². The molecule has 5 rings (SSSR count). The molecule has 3 aliphatic rings. The second-order valence-corrected chi connectivity index (χ2v) is 10.6. The predicted molar refractivity (Wildman–Crippen MR) is 131 cm³/mol. The number of ether oxygens (including phenoxy) is 1. The molecule has 1 N–H and O–H groups in total. The first-order valence-corrected chi connectivity index (χ1v) is 12.6. The standard InChI is InChI=1S/C25H20Br2N2O5/c26-17-10-16(21(19(27)12-17)34-24(32)14-4-2-1-3-5-14)11-18-22(30)28-25(33)29(23(18)31)20-9-13-6-7-15(20)8-13/h1-5,10-13,15,20H,6-9H2,(H,28,30,33)/b18-11-/t13-,15-,20+/m0/s1. The Hall–Kier alpha value is -2.78. The third kappa shape index (κ3) is 4.22. The van der Waals surface area contributed by atoms with Crippen molar-refractivity contribution in [2.45, 2.75) is 31.7 Å². The number of carbonyl (C=O) groups excluding carboxylic acids is 4. The fourth-order valence-electron chi connectivity index (χ4n) is 5.18. The van der Waals surface area contributed by atoms with E-state index in [1.165, 1.54) is 11.0 Å². The molecule has 0 radical (unpaired) electrons. The van der Waals surface area contributed by atoms with E-state index in [4.69, 9.17) is 4.74 Å². The van der Waals surface area contributed by atoms with E-state index >= 15 is 0 Å². The molecule has 2 aromatic rings. The molecule has 3 fully saturated rings. The number of esters is 1. The lowest BCUT2D eigenvalue weighted by Crippen LogP contribution is -2.58. The number of imide groups is 2. The van der Waals surface area contributed by atoms with Crippen LogP contribution in [0.25, 0.3) is 6.08 Å². The Balaban J connectivity index is 1.50. The number of hydrogen-bond donors (Lipinski definition) is 1. The molecule has 174 valence electrons. The van der Waals surface area contributed by atoms with Gasteiger partial charge in [0.15, 0.2) is 5.75 Å². The van der Waals surface area contributed by atoms with Crippen LogP contribution in [0.3, 0.4) is 0 Å². The summed E-state index contributed by atoms with van der Waals surface area (Å²) in [6.45, 7) is 0. The molecule has 0 spiro atoms. The van der Waals surface area contributed by atoms with Crippen LogP contribution < -0.4 is 10.1 Å². The van der Waals surface area contributed by atoms with Crippen LogP contribution in [0.1, 0.15) is 41.6 Å². The van der Waals surface area contributed by atoms with Crippen molar-refractivity contribution in [2.24, 2.45) is 11.8 Å².